The van der Waals surface area contributed by atoms with Gasteiger partial charge in [0.05, 0.1) is 11.3 Å². The first-order valence-corrected chi connectivity index (χ1v) is 4.53. The number of benzene rings is 1. The molecule has 5 nitrogen and oxygen atoms in total. The Kier molecular flexibility index (Phi) is 2.15. The molecule has 2 rings (SSSR count). The summed E-state index contributed by atoms with van der Waals surface area (Å²) >= 11 is 0. The first-order valence-electron chi connectivity index (χ1n) is 4.53. The van der Waals surface area contributed by atoms with Gasteiger partial charge in [-0.05, 0) is 6.92 Å². The Hall–Kier alpha value is -1.91. The predicted octanol–water partition coefficient (Wildman–Crippen LogP) is 1.05. The predicted molar refractivity (Wildman–Crippen MR) is 53.5 cm³/mol. The van der Waals surface area contributed by atoms with E-state index in [2.05, 4.69) is 0 Å². The number of carbonyl (C=O) groups is 1. The highest BCUT2D eigenvalue weighted by Gasteiger charge is 2.21. The van der Waals surface area contributed by atoms with E-state index < -0.39 is 5.97 Å². The Morgan fingerprint density at radius 1 is 1.47 bits per heavy atom. The minimum atomic E-state index is -1.06. The molecule has 1 heterocycles. The van der Waals surface area contributed by atoms with Gasteiger partial charge in [0.15, 0.2) is 11.5 Å². The maximum atomic E-state index is 10.9. The van der Waals surface area contributed by atoms with Crippen molar-refractivity contribution in [3.8, 4) is 11.5 Å². The van der Waals surface area contributed by atoms with Crippen molar-refractivity contribution in [2.75, 3.05) is 18.9 Å². The van der Waals surface area contributed by atoms with Gasteiger partial charge in [0, 0.05) is 11.6 Å². The fourth-order valence-electron chi connectivity index (χ4n) is 1.54. The van der Waals surface area contributed by atoms with Gasteiger partial charge in [-0.25, -0.2) is 4.79 Å². The van der Waals surface area contributed by atoms with E-state index in [1.807, 2.05) is 0 Å². The van der Waals surface area contributed by atoms with Crippen LogP contribution in [0.15, 0.2) is 6.07 Å². The zero-order chi connectivity index (χ0) is 11.0. The summed E-state index contributed by atoms with van der Waals surface area (Å²) in [6.45, 7) is 2.60. The zero-order valence-electron chi connectivity index (χ0n) is 8.24. The van der Waals surface area contributed by atoms with E-state index in [1.54, 1.807) is 6.92 Å². The van der Waals surface area contributed by atoms with Crippen LogP contribution in [-0.2, 0) is 0 Å². The van der Waals surface area contributed by atoms with E-state index in [4.69, 9.17) is 20.3 Å². The standard InChI is InChI=1S/C10H11NO4/c1-5-8(11)6(10(12)13)4-7-9(5)15-3-2-14-7/h4H,2-3,11H2,1H3,(H,12,13). The minimum absolute atomic E-state index is 0.0525. The van der Waals surface area contributed by atoms with Crippen LogP contribution < -0.4 is 15.2 Å². The van der Waals surface area contributed by atoms with Gasteiger partial charge in [0.2, 0.25) is 0 Å². The second kappa shape index (κ2) is 3.34. The molecule has 1 aliphatic heterocycles. The Morgan fingerprint density at radius 3 is 2.80 bits per heavy atom. The number of carboxylic acid groups (broad SMARTS) is 1. The second-order valence-corrected chi connectivity index (χ2v) is 3.29. The van der Waals surface area contributed by atoms with E-state index in [-0.39, 0.29) is 11.3 Å². The van der Waals surface area contributed by atoms with E-state index in [9.17, 15) is 4.79 Å². The first-order chi connectivity index (χ1) is 7.11. The van der Waals surface area contributed by atoms with Crippen LogP contribution in [0.2, 0.25) is 0 Å². The lowest BCUT2D eigenvalue weighted by Gasteiger charge is -2.21. The quantitative estimate of drug-likeness (QED) is 0.675. The molecule has 0 aliphatic carbocycles. The molecule has 0 unspecified atom stereocenters. The zero-order valence-corrected chi connectivity index (χ0v) is 8.24. The first kappa shape index (κ1) is 9.64. The van der Waals surface area contributed by atoms with Gasteiger partial charge >= 0.3 is 5.97 Å². The molecule has 0 atom stereocenters. The van der Waals surface area contributed by atoms with Crippen molar-refractivity contribution in [1.82, 2.24) is 0 Å². The number of anilines is 1. The van der Waals surface area contributed by atoms with Gasteiger partial charge in [-0.15, -0.1) is 0 Å². The maximum Gasteiger partial charge on any atom is 0.337 e. The molecule has 5 heteroatoms. The van der Waals surface area contributed by atoms with E-state index in [1.165, 1.54) is 6.07 Å². The van der Waals surface area contributed by atoms with Crippen molar-refractivity contribution in [3.05, 3.63) is 17.2 Å². The lowest BCUT2D eigenvalue weighted by Crippen LogP contribution is -2.18. The number of nitrogens with two attached hydrogens (primary N) is 1. The normalized spacial score (nSPS) is 13.7. The molecule has 1 aromatic rings. The van der Waals surface area contributed by atoms with Crippen LogP contribution in [0, 0.1) is 6.92 Å². The molecule has 0 amide bonds. The van der Waals surface area contributed by atoms with Gasteiger partial charge < -0.3 is 20.3 Å². The Bertz CT molecular complexity index is 428. The molecule has 0 fully saturated rings. The summed E-state index contributed by atoms with van der Waals surface area (Å²) in [5, 5.41) is 8.92. The van der Waals surface area contributed by atoms with Gasteiger partial charge in [-0.1, -0.05) is 0 Å². The van der Waals surface area contributed by atoms with Gasteiger partial charge in [-0.2, -0.15) is 0 Å². The summed E-state index contributed by atoms with van der Waals surface area (Å²) in [5.41, 5.74) is 6.59. The Balaban J connectivity index is 2.63. The van der Waals surface area contributed by atoms with E-state index in [0.717, 1.165) is 0 Å². The molecule has 3 N–H and O–H groups in total. The lowest BCUT2D eigenvalue weighted by molar-refractivity contribution is 0.0697. The molecule has 0 spiro atoms. The van der Waals surface area contributed by atoms with Crippen LogP contribution in [0.4, 0.5) is 5.69 Å². The number of nitrogen functional groups attached to an aromatic ring is 1. The molecule has 0 bridgehead atoms. The molecule has 15 heavy (non-hydrogen) atoms. The van der Waals surface area contributed by atoms with Crippen molar-refractivity contribution < 1.29 is 19.4 Å². The molecular formula is C10H11NO4. The summed E-state index contributed by atoms with van der Waals surface area (Å²) in [7, 11) is 0. The number of carboxylic acids is 1. The van der Waals surface area contributed by atoms with E-state index >= 15 is 0 Å². The number of fused-ring (bicyclic) bond motifs is 1. The van der Waals surface area contributed by atoms with Crippen molar-refractivity contribution in [1.29, 1.82) is 0 Å². The summed E-state index contributed by atoms with van der Waals surface area (Å²) in [4.78, 5) is 10.9. The van der Waals surface area contributed by atoms with Crippen LogP contribution in [-0.4, -0.2) is 24.3 Å². The number of aromatic carboxylic acids is 1. The average molecular weight is 209 g/mol. The highest BCUT2D eigenvalue weighted by molar-refractivity contribution is 5.96. The number of ether oxygens (including phenoxy) is 2. The van der Waals surface area contributed by atoms with Crippen molar-refractivity contribution in [2.24, 2.45) is 0 Å². The van der Waals surface area contributed by atoms with Gasteiger partial charge in [0.1, 0.15) is 13.2 Å². The minimum Gasteiger partial charge on any atom is -0.486 e. The summed E-state index contributed by atoms with van der Waals surface area (Å²) in [5.74, 6) is -0.0679. The monoisotopic (exact) mass is 209 g/mol. The molecule has 0 radical (unpaired) electrons. The molecule has 1 aromatic carbocycles. The molecule has 0 aromatic heterocycles. The van der Waals surface area contributed by atoms with Crippen molar-refractivity contribution in [3.63, 3.8) is 0 Å². The molecule has 80 valence electrons. The molecular weight excluding hydrogens is 198 g/mol. The van der Waals surface area contributed by atoms with Crippen LogP contribution in [0.1, 0.15) is 15.9 Å². The fraction of sp³-hybridized carbons (Fsp3) is 0.300. The fourth-order valence-corrected chi connectivity index (χ4v) is 1.54. The van der Waals surface area contributed by atoms with E-state index in [0.29, 0.717) is 30.3 Å². The molecule has 0 saturated carbocycles. The highest BCUT2D eigenvalue weighted by atomic mass is 16.6. The summed E-state index contributed by atoms with van der Waals surface area (Å²) in [6, 6.07) is 1.40. The lowest BCUT2D eigenvalue weighted by atomic mass is 10.1. The second-order valence-electron chi connectivity index (χ2n) is 3.29. The summed E-state index contributed by atoms with van der Waals surface area (Å²) in [6.07, 6.45) is 0. The number of rotatable bonds is 1. The van der Waals surface area contributed by atoms with Crippen LogP contribution in [0.3, 0.4) is 0 Å². The Morgan fingerprint density at radius 2 is 2.13 bits per heavy atom. The third-order valence-electron chi connectivity index (χ3n) is 2.35. The average Bonchev–Trinajstić information content (AvgIpc) is 2.23. The van der Waals surface area contributed by atoms with Crippen molar-refractivity contribution >= 4 is 11.7 Å². The smallest absolute Gasteiger partial charge is 0.337 e. The largest absolute Gasteiger partial charge is 0.486 e. The number of hydrogen-bond acceptors (Lipinski definition) is 4. The summed E-state index contributed by atoms with van der Waals surface area (Å²) < 4.78 is 10.7. The topological polar surface area (TPSA) is 81.8 Å². The van der Waals surface area contributed by atoms with Gasteiger partial charge in [0.25, 0.3) is 0 Å². The van der Waals surface area contributed by atoms with Crippen LogP contribution in [0.25, 0.3) is 0 Å². The highest BCUT2D eigenvalue weighted by Crippen LogP contribution is 2.38. The van der Waals surface area contributed by atoms with Crippen LogP contribution in [0.5, 0.6) is 11.5 Å². The van der Waals surface area contributed by atoms with Gasteiger partial charge in [-0.3, -0.25) is 0 Å². The molecule has 1 aliphatic rings. The number of hydrogen-bond donors (Lipinski definition) is 2. The maximum absolute atomic E-state index is 10.9. The van der Waals surface area contributed by atoms with Crippen molar-refractivity contribution in [2.45, 2.75) is 6.92 Å². The SMILES string of the molecule is Cc1c(N)c(C(=O)O)cc2c1OCCO2. The third-order valence-corrected chi connectivity index (χ3v) is 2.35. The van der Waals surface area contributed by atoms with Crippen LogP contribution >= 0.6 is 0 Å². The third kappa shape index (κ3) is 1.45. The molecule has 0 saturated heterocycles. The Labute approximate surface area is 86.4 Å².